The Morgan fingerprint density at radius 1 is 1.07 bits per heavy atom. The molecule has 0 saturated heterocycles. The fraction of sp³-hybridized carbons (Fsp3) is 0.524. The second kappa shape index (κ2) is 9.27. The molecule has 1 aromatic carbocycles. The quantitative estimate of drug-likeness (QED) is 0.473. The number of carbonyl (C=O) groups is 1. The van der Waals surface area contributed by atoms with Gasteiger partial charge in [0.2, 0.25) is 0 Å². The van der Waals surface area contributed by atoms with E-state index in [2.05, 4.69) is 21.2 Å². The fourth-order valence-corrected chi connectivity index (χ4v) is 5.53. The molecule has 1 saturated carbocycles. The van der Waals surface area contributed by atoms with Crippen molar-refractivity contribution in [1.29, 1.82) is 0 Å². The van der Waals surface area contributed by atoms with Crippen LogP contribution in [0.25, 0.3) is 0 Å². The largest absolute Gasteiger partial charge is 0.364 e. The van der Waals surface area contributed by atoms with Gasteiger partial charge in [-0.1, -0.05) is 46.2 Å². The summed E-state index contributed by atoms with van der Waals surface area (Å²) in [6.07, 6.45) is 10.8. The molecule has 1 aromatic rings. The number of halogens is 2. The molecule has 1 heterocycles. The van der Waals surface area contributed by atoms with Gasteiger partial charge in [0.05, 0.1) is 10.8 Å². The van der Waals surface area contributed by atoms with Gasteiger partial charge >= 0.3 is 0 Å². The average Bonchev–Trinajstić information content (AvgIpc) is 2.67. The second-order valence-electron chi connectivity index (χ2n) is 7.52. The Morgan fingerprint density at radius 2 is 1.78 bits per heavy atom. The van der Waals surface area contributed by atoms with Crippen LogP contribution >= 0.6 is 44.7 Å². The van der Waals surface area contributed by atoms with Crippen molar-refractivity contribution in [2.75, 3.05) is 5.75 Å². The third-order valence-electron chi connectivity index (χ3n) is 5.61. The van der Waals surface area contributed by atoms with Crippen molar-refractivity contribution in [1.82, 2.24) is 5.32 Å². The van der Waals surface area contributed by atoms with Crippen LogP contribution in [0.1, 0.15) is 68.1 Å². The van der Waals surface area contributed by atoms with Gasteiger partial charge in [-0.25, -0.2) is 0 Å². The smallest absolute Gasteiger partial charge is 0.173 e. The van der Waals surface area contributed by atoms with Gasteiger partial charge in [0.1, 0.15) is 5.66 Å². The molecule has 4 rings (SSSR count). The molecule has 0 amide bonds. The highest BCUT2D eigenvalue weighted by Gasteiger charge is 2.37. The molecule has 0 unspecified atom stereocenters. The molecular weight excluding hydrogens is 488 g/mol. The summed E-state index contributed by atoms with van der Waals surface area (Å²) in [5.41, 5.74) is 3.46. The molecule has 0 atom stereocenters. The maximum atomic E-state index is 12.6. The Hall–Kier alpha value is -0.590. The van der Waals surface area contributed by atoms with Crippen LogP contribution in [0.15, 0.2) is 45.0 Å². The lowest BCUT2D eigenvalue weighted by Gasteiger charge is -2.42. The summed E-state index contributed by atoms with van der Waals surface area (Å²) in [5.74, 6) is 0.646. The minimum Gasteiger partial charge on any atom is -0.364 e. The number of nitrogens with zero attached hydrogens (tertiary/aromatic N) is 1. The minimum absolute atomic E-state index is 0. The lowest BCUT2D eigenvalue weighted by Crippen LogP contribution is -2.48. The van der Waals surface area contributed by atoms with E-state index in [0.29, 0.717) is 5.75 Å². The van der Waals surface area contributed by atoms with Crippen LogP contribution in [0.5, 0.6) is 0 Å². The van der Waals surface area contributed by atoms with Crippen LogP contribution < -0.4 is 5.32 Å². The van der Waals surface area contributed by atoms with E-state index in [1.807, 2.05) is 24.3 Å². The molecule has 0 aromatic heterocycles. The zero-order chi connectivity index (χ0) is 18.0. The summed E-state index contributed by atoms with van der Waals surface area (Å²) in [6.45, 7) is 0. The second-order valence-corrected chi connectivity index (χ2v) is 9.40. The van der Waals surface area contributed by atoms with Gasteiger partial charge in [0, 0.05) is 21.3 Å². The van der Waals surface area contributed by atoms with Crippen LogP contribution in [-0.2, 0) is 0 Å². The van der Waals surface area contributed by atoms with Crippen LogP contribution in [0.3, 0.4) is 0 Å². The van der Waals surface area contributed by atoms with Crippen molar-refractivity contribution in [2.45, 2.75) is 63.5 Å². The Bertz CT molecular complexity index is 752. The summed E-state index contributed by atoms with van der Waals surface area (Å²) in [6, 6.07) is 7.65. The van der Waals surface area contributed by atoms with Crippen molar-refractivity contribution in [2.24, 2.45) is 4.99 Å². The van der Waals surface area contributed by atoms with Crippen molar-refractivity contribution >= 4 is 55.5 Å². The molecule has 27 heavy (non-hydrogen) atoms. The Balaban J connectivity index is 0.00000210. The normalized spacial score (nSPS) is 21.0. The first-order valence-electron chi connectivity index (χ1n) is 9.67. The van der Waals surface area contributed by atoms with Crippen LogP contribution in [0.4, 0.5) is 0 Å². The Kier molecular flexibility index (Phi) is 7.25. The number of carbonyl (C=O) groups excluding carboxylic acids is 1. The third kappa shape index (κ3) is 4.88. The SMILES string of the molecule is Br.O=C(CSC1=NC2(CCCCC2)NC2=C1CCCC2)c1ccc(Br)cc1. The Morgan fingerprint density at radius 3 is 2.52 bits per heavy atom. The number of benzene rings is 1. The third-order valence-corrected chi connectivity index (χ3v) is 7.16. The van der Waals surface area contributed by atoms with Crippen LogP contribution in [0, 0.1) is 0 Å². The van der Waals surface area contributed by atoms with Crippen molar-refractivity contribution in [3.63, 3.8) is 0 Å². The van der Waals surface area contributed by atoms with Gasteiger partial charge in [-0.2, -0.15) is 0 Å². The van der Waals surface area contributed by atoms with Crippen LogP contribution in [-0.4, -0.2) is 22.2 Å². The molecule has 6 heteroatoms. The molecule has 1 spiro atoms. The van der Waals surface area contributed by atoms with Gasteiger partial charge in [-0.3, -0.25) is 9.79 Å². The molecule has 0 radical (unpaired) electrons. The number of ketones is 1. The van der Waals surface area contributed by atoms with Crippen molar-refractivity contribution in [3.05, 3.63) is 45.6 Å². The summed E-state index contributed by atoms with van der Waals surface area (Å²) in [5, 5.41) is 4.95. The zero-order valence-electron chi connectivity index (χ0n) is 15.4. The van der Waals surface area contributed by atoms with E-state index in [4.69, 9.17) is 4.99 Å². The van der Waals surface area contributed by atoms with E-state index in [9.17, 15) is 4.79 Å². The minimum atomic E-state index is -0.0998. The number of thioether (sulfide) groups is 1. The summed E-state index contributed by atoms with van der Waals surface area (Å²) < 4.78 is 1.00. The van der Waals surface area contributed by atoms with E-state index < -0.39 is 0 Å². The van der Waals surface area contributed by atoms with Gasteiger partial charge in [0.15, 0.2) is 5.78 Å². The first kappa shape index (κ1) is 21.1. The fourth-order valence-electron chi connectivity index (χ4n) is 4.20. The van der Waals surface area contributed by atoms with Crippen LogP contribution in [0.2, 0.25) is 0 Å². The van der Waals surface area contributed by atoms with E-state index >= 15 is 0 Å². The monoisotopic (exact) mass is 512 g/mol. The Labute approximate surface area is 184 Å². The molecule has 3 nitrogen and oxygen atoms in total. The molecule has 2 aliphatic carbocycles. The van der Waals surface area contributed by atoms with E-state index in [0.717, 1.165) is 40.8 Å². The number of hydrogen-bond acceptors (Lipinski definition) is 4. The number of hydrogen-bond donors (Lipinski definition) is 1. The molecule has 1 N–H and O–H groups in total. The number of allylic oxidation sites excluding steroid dienone is 1. The molecule has 0 bridgehead atoms. The number of Topliss-reactive ketones (excluding diaryl/α,β-unsaturated/α-hetero) is 1. The highest BCUT2D eigenvalue weighted by molar-refractivity contribution is 9.10. The van der Waals surface area contributed by atoms with Crippen molar-refractivity contribution in [3.8, 4) is 0 Å². The highest BCUT2D eigenvalue weighted by Crippen LogP contribution is 2.39. The number of nitrogens with one attached hydrogen (secondary N) is 1. The topological polar surface area (TPSA) is 41.5 Å². The predicted octanol–water partition coefficient (Wildman–Crippen LogP) is 6.43. The lowest BCUT2D eigenvalue weighted by atomic mass is 9.85. The molecular formula is C21H26Br2N2OS. The predicted molar refractivity (Wildman–Crippen MR) is 123 cm³/mol. The summed E-state index contributed by atoms with van der Waals surface area (Å²) in [7, 11) is 0. The van der Waals surface area contributed by atoms with Crippen molar-refractivity contribution < 1.29 is 4.79 Å². The zero-order valence-corrected chi connectivity index (χ0v) is 19.5. The van der Waals surface area contributed by atoms with Gasteiger partial charge in [-0.05, 0) is 63.5 Å². The first-order chi connectivity index (χ1) is 12.7. The maximum Gasteiger partial charge on any atom is 0.173 e. The van der Waals surface area contributed by atoms with E-state index in [-0.39, 0.29) is 28.4 Å². The highest BCUT2D eigenvalue weighted by atomic mass is 79.9. The molecule has 1 fully saturated rings. The number of aliphatic imine (C=N–C) groups is 1. The summed E-state index contributed by atoms with van der Waals surface area (Å²) in [4.78, 5) is 17.8. The lowest BCUT2D eigenvalue weighted by molar-refractivity contribution is 0.102. The van der Waals surface area contributed by atoms with Gasteiger partial charge in [0.25, 0.3) is 0 Å². The average molecular weight is 514 g/mol. The van der Waals surface area contributed by atoms with Gasteiger partial charge in [-0.15, -0.1) is 17.0 Å². The summed E-state index contributed by atoms with van der Waals surface area (Å²) >= 11 is 5.07. The van der Waals surface area contributed by atoms with Gasteiger partial charge < -0.3 is 5.32 Å². The standard InChI is InChI=1S/C21H25BrN2OS.BrH/c22-16-10-8-15(9-11-16)19(25)14-26-20-17-6-2-3-7-18(17)23-21(24-20)12-4-1-5-13-21;/h8-11,23H,1-7,12-14H2;1H. The maximum absolute atomic E-state index is 12.6. The molecule has 146 valence electrons. The van der Waals surface area contributed by atoms with E-state index in [1.165, 1.54) is 43.4 Å². The molecule has 1 aliphatic heterocycles. The first-order valence-corrected chi connectivity index (χ1v) is 11.5. The molecule has 3 aliphatic rings. The number of rotatable bonds is 3. The van der Waals surface area contributed by atoms with E-state index in [1.54, 1.807) is 11.8 Å².